The molecule has 5 nitrogen and oxygen atoms in total. The van der Waals surface area contributed by atoms with E-state index in [-0.39, 0.29) is 12.1 Å². The number of rotatable bonds is 4. The molecule has 0 bridgehead atoms. The highest BCUT2D eigenvalue weighted by Crippen LogP contribution is 2.25. The minimum absolute atomic E-state index is 0.108. The van der Waals surface area contributed by atoms with E-state index in [0.717, 1.165) is 11.1 Å². The highest BCUT2D eigenvalue weighted by Gasteiger charge is 2.11. The van der Waals surface area contributed by atoms with E-state index in [1.165, 1.54) is 0 Å². The number of aryl methyl sites for hydroxylation is 1. The van der Waals surface area contributed by atoms with Crippen molar-refractivity contribution in [1.29, 1.82) is 0 Å². The molecule has 21 heavy (non-hydrogen) atoms. The third-order valence-corrected chi connectivity index (χ3v) is 3.16. The van der Waals surface area contributed by atoms with Crippen molar-refractivity contribution in [3.8, 4) is 5.75 Å². The maximum Gasteiger partial charge on any atom is 0.319 e. The second-order valence-electron chi connectivity index (χ2n) is 4.80. The number of nitrogens with one attached hydrogen (secondary N) is 2. The van der Waals surface area contributed by atoms with E-state index in [0.29, 0.717) is 11.4 Å². The topological polar surface area (TPSA) is 63.2 Å². The fourth-order valence-electron chi connectivity index (χ4n) is 2.01. The van der Waals surface area contributed by atoms with Crippen LogP contribution in [0.1, 0.15) is 24.1 Å². The largest absolute Gasteiger partial charge is 0.495 e. The van der Waals surface area contributed by atoms with Gasteiger partial charge in [0.05, 0.1) is 18.8 Å². The van der Waals surface area contributed by atoms with Gasteiger partial charge < -0.3 is 15.4 Å². The van der Waals surface area contributed by atoms with E-state index in [4.69, 9.17) is 4.74 Å². The van der Waals surface area contributed by atoms with Gasteiger partial charge in [-0.15, -0.1) is 0 Å². The number of pyridine rings is 1. The lowest BCUT2D eigenvalue weighted by molar-refractivity contribution is 0.249. The van der Waals surface area contributed by atoms with Gasteiger partial charge in [0.25, 0.3) is 0 Å². The van der Waals surface area contributed by atoms with E-state index in [1.807, 2.05) is 44.2 Å². The quantitative estimate of drug-likeness (QED) is 0.906. The lowest BCUT2D eigenvalue weighted by atomic mass is 10.1. The number of methoxy groups -OCH3 is 1. The van der Waals surface area contributed by atoms with Crippen molar-refractivity contribution in [3.05, 3.63) is 53.9 Å². The van der Waals surface area contributed by atoms with E-state index in [9.17, 15) is 4.79 Å². The molecule has 0 spiro atoms. The third-order valence-electron chi connectivity index (χ3n) is 3.16. The van der Waals surface area contributed by atoms with Crippen molar-refractivity contribution < 1.29 is 9.53 Å². The number of benzene rings is 1. The summed E-state index contributed by atoms with van der Waals surface area (Å²) < 4.78 is 5.24. The Labute approximate surface area is 124 Å². The number of ether oxygens (including phenoxy) is 1. The molecule has 0 aliphatic carbocycles. The number of carbonyl (C=O) groups excluding carboxylic acids is 1. The Hall–Kier alpha value is -2.56. The normalized spacial score (nSPS) is 11.6. The number of amides is 2. The molecule has 0 aliphatic rings. The zero-order valence-corrected chi connectivity index (χ0v) is 12.4. The number of nitrogens with zero attached hydrogens (tertiary/aromatic N) is 1. The van der Waals surface area contributed by atoms with Gasteiger partial charge in [-0.05, 0) is 49.2 Å². The Kier molecular flexibility index (Phi) is 4.77. The fourth-order valence-corrected chi connectivity index (χ4v) is 2.01. The first-order chi connectivity index (χ1) is 10.1. The Morgan fingerprint density at radius 1 is 1.24 bits per heavy atom. The van der Waals surface area contributed by atoms with Crippen molar-refractivity contribution in [1.82, 2.24) is 10.3 Å². The molecule has 0 aliphatic heterocycles. The molecule has 2 rings (SSSR count). The number of aromatic nitrogens is 1. The van der Waals surface area contributed by atoms with Crippen molar-refractivity contribution in [3.63, 3.8) is 0 Å². The van der Waals surface area contributed by atoms with Crippen LogP contribution in [0.25, 0.3) is 0 Å². The summed E-state index contributed by atoms with van der Waals surface area (Å²) in [5, 5.41) is 5.69. The molecular formula is C16H19N3O2. The van der Waals surface area contributed by atoms with Crippen LogP contribution in [0.4, 0.5) is 10.5 Å². The molecule has 2 N–H and O–H groups in total. The van der Waals surface area contributed by atoms with Crippen LogP contribution in [0, 0.1) is 6.92 Å². The van der Waals surface area contributed by atoms with Crippen molar-refractivity contribution in [2.24, 2.45) is 0 Å². The number of anilines is 1. The van der Waals surface area contributed by atoms with Crippen LogP contribution < -0.4 is 15.4 Å². The van der Waals surface area contributed by atoms with Gasteiger partial charge in [0.1, 0.15) is 5.75 Å². The van der Waals surface area contributed by atoms with Crippen molar-refractivity contribution >= 4 is 11.7 Å². The molecule has 5 heteroatoms. The summed E-state index contributed by atoms with van der Waals surface area (Å²) in [5.41, 5.74) is 2.70. The van der Waals surface area contributed by atoms with Crippen molar-refractivity contribution in [2.75, 3.05) is 12.4 Å². The van der Waals surface area contributed by atoms with Crippen LogP contribution in [0.3, 0.4) is 0 Å². The smallest absolute Gasteiger partial charge is 0.319 e. The predicted octanol–water partition coefficient (Wildman–Crippen LogP) is 3.28. The first-order valence-electron chi connectivity index (χ1n) is 6.72. The predicted molar refractivity (Wildman–Crippen MR) is 82.5 cm³/mol. The molecule has 1 heterocycles. The van der Waals surface area contributed by atoms with E-state index in [2.05, 4.69) is 15.6 Å². The zero-order chi connectivity index (χ0) is 15.2. The Bertz CT molecular complexity index is 614. The molecule has 1 atom stereocenters. The number of hydrogen-bond donors (Lipinski definition) is 2. The van der Waals surface area contributed by atoms with Gasteiger partial charge >= 0.3 is 6.03 Å². The van der Waals surface area contributed by atoms with Crippen LogP contribution in [-0.4, -0.2) is 18.1 Å². The molecule has 0 radical (unpaired) electrons. The molecular weight excluding hydrogens is 266 g/mol. The average molecular weight is 285 g/mol. The first kappa shape index (κ1) is 14.8. The Balaban J connectivity index is 2.04. The number of hydrogen-bond acceptors (Lipinski definition) is 3. The van der Waals surface area contributed by atoms with Gasteiger partial charge in [0.2, 0.25) is 0 Å². The van der Waals surface area contributed by atoms with Gasteiger partial charge in [0, 0.05) is 12.4 Å². The maximum atomic E-state index is 12.1. The molecule has 1 aromatic carbocycles. The minimum atomic E-state index is -0.275. The molecule has 1 unspecified atom stereocenters. The SMILES string of the molecule is COc1ccc(C)cc1NC(=O)NC(C)c1ccncc1. The van der Waals surface area contributed by atoms with Gasteiger partial charge in [-0.25, -0.2) is 4.79 Å². The highest BCUT2D eigenvalue weighted by atomic mass is 16.5. The molecule has 0 fully saturated rings. The minimum Gasteiger partial charge on any atom is -0.495 e. The summed E-state index contributed by atoms with van der Waals surface area (Å²) in [6, 6.07) is 9.00. The van der Waals surface area contributed by atoms with Crippen LogP contribution in [0.5, 0.6) is 5.75 Å². The van der Waals surface area contributed by atoms with Crippen LogP contribution >= 0.6 is 0 Å². The molecule has 110 valence electrons. The van der Waals surface area contributed by atoms with Gasteiger partial charge in [-0.2, -0.15) is 0 Å². The lowest BCUT2D eigenvalue weighted by Gasteiger charge is -2.16. The molecule has 2 amide bonds. The average Bonchev–Trinajstić information content (AvgIpc) is 2.48. The summed E-state index contributed by atoms with van der Waals surface area (Å²) in [6.45, 7) is 3.88. The van der Waals surface area contributed by atoms with Crippen LogP contribution in [0.15, 0.2) is 42.7 Å². The summed E-state index contributed by atoms with van der Waals surface area (Å²) in [6.07, 6.45) is 3.41. The van der Waals surface area contributed by atoms with E-state index >= 15 is 0 Å². The molecule has 0 saturated heterocycles. The maximum absolute atomic E-state index is 12.1. The van der Waals surface area contributed by atoms with Crippen LogP contribution in [0.2, 0.25) is 0 Å². The van der Waals surface area contributed by atoms with Crippen LogP contribution in [-0.2, 0) is 0 Å². The van der Waals surface area contributed by atoms with E-state index < -0.39 is 0 Å². The van der Waals surface area contributed by atoms with E-state index in [1.54, 1.807) is 19.5 Å². The summed E-state index contributed by atoms with van der Waals surface area (Å²) in [4.78, 5) is 16.0. The fraction of sp³-hybridized carbons (Fsp3) is 0.250. The van der Waals surface area contributed by atoms with Gasteiger partial charge in [-0.1, -0.05) is 6.07 Å². The summed E-state index contributed by atoms with van der Waals surface area (Å²) in [7, 11) is 1.58. The monoisotopic (exact) mass is 285 g/mol. The second-order valence-corrected chi connectivity index (χ2v) is 4.80. The highest BCUT2D eigenvalue weighted by molar-refractivity contribution is 5.91. The first-order valence-corrected chi connectivity index (χ1v) is 6.72. The zero-order valence-electron chi connectivity index (χ0n) is 12.4. The number of carbonyl (C=O) groups is 1. The summed E-state index contributed by atoms with van der Waals surface area (Å²) >= 11 is 0. The standard InChI is InChI=1S/C16H19N3O2/c1-11-4-5-15(21-3)14(10-11)19-16(20)18-12(2)13-6-8-17-9-7-13/h4-10,12H,1-3H3,(H2,18,19,20). The van der Waals surface area contributed by atoms with Gasteiger partial charge in [-0.3, -0.25) is 4.98 Å². The Morgan fingerprint density at radius 2 is 1.95 bits per heavy atom. The second kappa shape index (κ2) is 6.74. The number of urea groups is 1. The molecule has 1 aromatic heterocycles. The lowest BCUT2D eigenvalue weighted by Crippen LogP contribution is -2.31. The van der Waals surface area contributed by atoms with Crippen molar-refractivity contribution in [2.45, 2.75) is 19.9 Å². The third kappa shape index (κ3) is 3.95. The van der Waals surface area contributed by atoms with Gasteiger partial charge in [0.15, 0.2) is 0 Å². The molecule has 2 aromatic rings. The molecule has 0 saturated carbocycles. The Morgan fingerprint density at radius 3 is 2.62 bits per heavy atom. The summed E-state index contributed by atoms with van der Waals surface area (Å²) in [5.74, 6) is 0.632.